The SMILES string of the molecule is CN(C(=O)CCl)[C@@H]1CC[C@@H]2[C@@H]3CC[C@H]4C[C@@H](O)CC[C@]4(C)[C@H]3CC[C@@]21C. The van der Waals surface area contributed by atoms with Crippen molar-refractivity contribution in [1.82, 2.24) is 4.90 Å². The fourth-order valence-electron chi connectivity index (χ4n) is 8.11. The van der Waals surface area contributed by atoms with Gasteiger partial charge in [0.25, 0.3) is 0 Å². The van der Waals surface area contributed by atoms with Crippen LogP contribution in [0.5, 0.6) is 0 Å². The Labute approximate surface area is 163 Å². The number of aliphatic hydroxyl groups is 1. The minimum atomic E-state index is -0.0652. The lowest BCUT2D eigenvalue weighted by atomic mass is 9.45. The summed E-state index contributed by atoms with van der Waals surface area (Å²) in [5.41, 5.74) is 0.689. The third-order valence-corrected chi connectivity index (χ3v) is 9.79. The highest BCUT2D eigenvalue weighted by Crippen LogP contribution is 2.66. The van der Waals surface area contributed by atoms with Gasteiger partial charge in [-0.1, -0.05) is 13.8 Å². The maximum atomic E-state index is 12.2. The lowest BCUT2D eigenvalue weighted by Crippen LogP contribution is -2.56. The number of halogens is 1. The summed E-state index contributed by atoms with van der Waals surface area (Å²) in [7, 11) is 1.97. The molecule has 26 heavy (non-hydrogen) atoms. The second-order valence-corrected chi connectivity index (χ2v) is 10.6. The second-order valence-electron chi connectivity index (χ2n) is 10.4. The Morgan fingerprint density at radius 2 is 1.73 bits per heavy atom. The Hall–Kier alpha value is -0.280. The van der Waals surface area contributed by atoms with Crippen molar-refractivity contribution in [3.63, 3.8) is 0 Å². The maximum absolute atomic E-state index is 12.2. The molecule has 0 unspecified atom stereocenters. The first-order chi connectivity index (χ1) is 12.3. The topological polar surface area (TPSA) is 40.5 Å². The average molecular weight is 382 g/mol. The van der Waals surface area contributed by atoms with Crippen molar-refractivity contribution in [1.29, 1.82) is 0 Å². The zero-order valence-electron chi connectivity index (χ0n) is 16.7. The number of rotatable bonds is 2. The van der Waals surface area contributed by atoms with Crippen molar-refractivity contribution < 1.29 is 9.90 Å². The van der Waals surface area contributed by atoms with E-state index < -0.39 is 0 Å². The van der Waals surface area contributed by atoms with E-state index in [1.54, 1.807) is 0 Å². The smallest absolute Gasteiger partial charge is 0.237 e. The summed E-state index contributed by atoms with van der Waals surface area (Å²) >= 11 is 5.85. The van der Waals surface area contributed by atoms with Crippen molar-refractivity contribution in [3.05, 3.63) is 0 Å². The predicted octanol–water partition coefficient (Wildman–Crippen LogP) is 4.46. The third-order valence-electron chi connectivity index (χ3n) is 9.56. The molecule has 0 bridgehead atoms. The van der Waals surface area contributed by atoms with Crippen LogP contribution >= 0.6 is 11.6 Å². The van der Waals surface area contributed by atoms with Gasteiger partial charge in [-0.3, -0.25) is 4.79 Å². The number of carbonyl (C=O) groups is 1. The summed E-state index contributed by atoms with van der Waals surface area (Å²) in [5.74, 6) is 3.28. The number of aliphatic hydroxyl groups excluding tert-OH is 1. The van der Waals surface area contributed by atoms with Gasteiger partial charge in [0.15, 0.2) is 0 Å². The van der Waals surface area contributed by atoms with Crippen molar-refractivity contribution in [2.75, 3.05) is 12.9 Å². The van der Waals surface area contributed by atoms with Crippen LogP contribution < -0.4 is 0 Å². The molecule has 4 saturated carbocycles. The van der Waals surface area contributed by atoms with Crippen molar-refractivity contribution in [3.8, 4) is 0 Å². The van der Waals surface area contributed by atoms with Gasteiger partial charge < -0.3 is 10.0 Å². The minimum absolute atomic E-state index is 0.0652. The number of amides is 1. The molecule has 0 spiro atoms. The van der Waals surface area contributed by atoms with Crippen molar-refractivity contribution in [2.24, 2.45) is 34.5 Å². The van der Waals surface area contributed by atoms with E-state index in [2.05, 4.69) is 13.8 Å². The Morgan fingerprint density at radius 3 is 2.46 bits per heavy atom. The van der Waals surface area contributed by atoms with Gasteiger partial charge in [0.2, 0.25) is 5.91 Å². The van der Waals surface area contributed by atoms with Crippen molar-refractivity contribution in [2.45, 2.75) is 83.8 Å². The van der Waals surface area contributed by atoms with E-state index in [1.165, 1.54) is 38.5 Å². The summed E-state index contributed by atoms with van der Waals surface area (Å²) in [6.07, 6.45) is 10.7. The average Bonchev–Trinajstić information content (AvgIpc) is 2.98. The molecule has 1 amide bonds. The highest BCUT2D eigenvalue weighted by atomic mass is 35.5. The lowest BCUT2D eigenvalue weighted by molar-refractivity contribution is -0.140. The molecule has 0 aliphatic heterocycles. The largest absolute Gasteiger partial charge is 0.393 e. The maximum Gasteiger partial charge on any atom is 0.237 e. The predicted molar refractivity (Wildman–Crippen MR) is 105 cm³/mol. The minimum Gasteiger partial charge on any atom is -0.393 e. The van der Waals surface area contributed by atoms with Crippen molar-refractivity contribution >= 4 is 17.5 Å². The molecule has 3 nitrogen and oxygen atoms in total. The molecule has 4 heteroatoms. The van der Waals surface area contributed by atoms with Crippen LogP contribution in [0, 0.1) is 34.5 Å². The van der Waals surface area contributed by atoms with Gasteiger partial charge in [-0.15, -0.1) is 11.6 Å². The van der Waals surface area contributed by atoms with Gasteiger partial charge in [0.1, 0.15) is 5.88 Å². The number of hydrogen-bond donors (Lipinski definition) is 1. The van der Waals surface area contributed by atoms with Crippen LogP contribution in [-0.2, 0) is 4.79 Å². The summed E-state index contributed by atoms with van der Waals surface area (Å²) in [5, 5.41) is 10.2. The van der Waals surface area contributed by atoms with Gasteiger partial charge in [0, 0.05) is 13.1 Å². The fraction of sp³-hybridized carbons (Fsp3) is 0.955. The molecule has 0 radical (unpaired) electrons. The second kappa shape index (κ2) is 6.65. The van der Waals surface area contributed by atoms with Gasteiger partial charge in [-0.05, 0) is 92.3 Å². The van der Waals surface area contributed by atoms with Crippen LogP contribution in [0.2, 0.25) is 0 Å². The molecule has 148 valence electrons. The molecule has 0 aromatic carbocycles. The monoisotopic (exact) mass is 381 g/mol. The van der Waals surface area contributed by atoms with Gasteiger partial charge in [0.05, 0.1) is 6.10 Å². The Bertz CT molecular complexity index is 568. The molecular formula is C22H36ClNO2. The zero-order chi connectivity index (χ0) is 18.7. The quantitative estimate of drug-likeness (QED) is 0.717. The number of hydrogen-bond acceptors (Lipinski definition) is 2. The van der Waals surface area contributed by atoms with E-state index in [9.17, 15) is 9.90 Å². The molecule has 4 fully saturated rings. The summed E-state index contributed by atoms with van der Waals surface area (Å²) in [4.78, 5) is 14.2. The molecule has 4 aliphatic rings. The van der Waals surface area contributed by atoms with Crippen LogP contribution in [0.3, 0.4) is 0 Å². The van der Waals surface area contributed by atoms with E-state index >= 15 is 0 Å². The standard InChI is InChI=1S/C22H36ClNO2/c1-21-10-8-15(25)12-14(21)4-5-16-17-6-7-19(24(3)20(26)13-23)22(17,2)11-9-18(16)21/h14-19,25H,4-13H2,1-3H3/t14-,15-,16-,17+,18-,19+,21-,22-/m0/s1. The zero-order valence-corrected chi connectivity index (χ0v) is 17.5. The van der Waals surface area contributed by atoms with Gasteiger partial charge in [-0.2, -0.15) is 0 Å². The molecule has 4 rings (SSSR count). The third kappa shape index (κ3) is 2.67. The molecule has 4 aliphatic carbocycles. The first kappa shape index (κ1) is 19.1. The molecule has 0 aromatic heterocycles. The van der Waals surface area contributed by atoms with Gasteiger partial charge in [-0.25, -0.2) is 0 Å². The van der Waals surface area contributed by atoms with Gasteiger partial charge >= 0.3 is 0 Å². The molecule has 1 N–H and O–H groups in total. The number of nitrogens with zero attached hydrogens (tertiary/aromatic N) is 1. The van der Waals surface area contributed by atoms with E-state index in [0.29, 0.717) is 11.5 Å². The van der Waals surface area contributed by atoms with Crippen LogP contribution in [-0.4, -0.2) is 41.0 Å². The van der Waals surface area contributed by atoms with E-state index in [0.717, 1.165) is 42.9 Å². The van der Waals surface area contributed by atoms with E-state index in [1.807, 2.05) is 11.9 Å². The molecular weight excluding hydrogens is 346 g/mol. The number of alkyl halides is 1. The first-order valence-corrected chi connectivity index (χ1v) is 11.3. The normalized spacial score (nSPS) is 50.5. The number of carbonyl (C=O) groups excluding carboxylic acids is 1. The van der Waals surface area contributed by atoms with Crippen LogP contribution in [0.4, 0.5) is 0 Å². The lowest BCUT2D eigenvalue weighted by Gasteiger charge is -2.61. The van der Waals surface area contributed by atoms with Crippen LogP contribution in [0.15, 0.2) is 0 Å². The summed E-state index contributed by atoms with van der Waals surface area (Å²) in [6, 6.07) is 0.360. The Kier molecular flexibility index (Phi) is 4.88. The molecule has 0 aromatic rings. The summed E-state index contributed by atoms with van der Waals surface area (Å²) in [6.45, 7) is 5.00. The van der Waals surface area contributed by atoms with E-state index in [-0.39, 0.29) is 23.3 Å². The molecule has 0 saturated heterocycles. The Morgan fingerprint density at radius 1 is 1.04 bits per heavy atom. The fourth-order valence-corrected chi connectivity index (χ4v) is 8.30. The Balaban J connectivity index is 1.57. The van der Waals surface area contributed by atoms with Crippen LogP contribution in [0.1, 0.15) is 71.6 Å². The highest BCUT2D eigenvalue weighted by Gasteiger charge is 2.60. The first-order valence-electron chi connectivity index (χ1n) is 10.8. The highest BCUT2D eigenvalue weighted by molar-refractivity contribution is 6.27. The number of fused-ring (bicyclic) bond motifs is 5. The van der Waals surface area contributed by atoms with E-state index in [4.69, 9.17) is 11.6 Å². The summed E-state index contributed by atoms with van der Waals surface area (Å²) < 4.78 is 0. The van der Waals surface area contributed by atoms with Crippen LogP contribution in [0.25, 0.3) is 0 Å². The molecule has 0 heterocycles. The molecule has 8 atom stereocenters.